The Labute approximate surface area is 129 Å². The van der Waals surface area contributed by atoms with Crippen LogP contribution in [0.1, 0.15) is 27.0 Å². The first-order valence-electron chi connectivity index (χ1n) is 6.95. The van der Waals surface area contributed by atoms with Crippen LogP contribution < -0.4 is 0 Å². The number of nitro benzene ring substituents is 1. The number of nitrogens with zero attached hydrogens (tertiary/aromatic N) is 2. The minimum atomic E-state index is -0.498. The van der Waals surface area contributed by atoms with Crippen molar-refractivity contribution in [3.8, 4) is 0 Å². The number of carbonyl (C=O) groups excluding carboxylic acids is 1. The molecule has 0 saturated heterocycles. The van der Waals surface area contributed by atoms with Gasteiger partial charge in [-0.05, 0) is 25.5 Å². The van der Waals surface area contributed by atoms with Crippen molar-refractivity contribution in [2.24, 2.45) is 0 Å². The van der Waals surface area contributed by atoms with E-state index in [1.165, 1.54) is 11.0 Å². The minimum Gasteiger partial charge on any atom is -0.337 e. The van der Waals surface area contributed by atoms with E-state index >= 15 is 0 Å². The molecule has 5 nitrogen and oxygen atoms in total. The van der Waals surface area contributed by atoms with E-state index in [2.05, 4.69) is 0 Å². The lowest BCUT2D eigenvalue weighted by Crippen LogP contribution is -2.27. The predicted octanol–water partition coefficient (Wildman–Crippen LogP) is 3.48. The van der Waals surface area contributed by atoms with E-state index in [0.29, 0.717) is 12.1 Å². The second kappa shape index (κ2) is 6.39. The standard InChI is InChI=1S/C17H18N2O3/c1-12-7-9-14(10-8-12)11-18(3)17(20)15-6-4-5-13(2)16(15)19(21)22/h4-10H,11H2,1-3H3. The van der Waals surface area contributed by atoms with Gasteiger partial charge in [-0.15, -0.1) is 0 Å². The molecule has 2 rings (SSSR count). The lowest BCUT2D eigenvalue weighted by Gasteiger charge is -2.18. The average Bonchev–Trinajstić information content (AvgIpc) is 2.48. The van der Waals surface area contributed by atoms with E-state index in [0.717, 1.165) is 11.1 Å². The molecule has 0 heterocycles. The van der Waals surface area contributed by atoms with Gasteiger partial charge in [-0.3, -0.25) is 14.9 Å². The molecule has 0 radical (unpaired) electrons. The van der Waals surface area contributed by atoms with Crippen LogP contribution >= 0.6 is 0 Å². The van der Waals surface area contributed by atoms with E-state index in [4.69, 9.17) is 0 Å². The third kappa shape index (κ3) is 3.31. The number of hydrogen-bond acceptors (Lipinski definition) is 3. The molecule has 5 heteroatoms. The minimum absolute atomic E-state index is 0.122. The SMILES string of the molecule is Cc1ccc(CN(C)C(=O)c2cccc(C)c2[N+](=O)[O-])cc1. The first-order chi connectivity index (χ1) is 10.4. The van der Waals surface area contributed by atoms with Crippen LogP contribution in [0.15, 0.2) is 42.5 Å². The molecule has 22 heavy (non-hydrogen) atoms. The van der Waals surface area contributed by atoms with Crippen molar-refractivity contribution in [1.29, 1.82) is 0 Å². The molecule has 0 atom stereocenters. The lowest BCUT2D eigenvalue weighted by atomic mass is 10.1. The Kier molecular flexibility index (Phi) is 4.56. The Balaban J connectivity index is 2.26. The Morgan fingerprint density at radius 2 is 1.77 bits per heavy atom. The van der Waals surface area contributed by atoms with Crippen molar-refractivity contribution < 1.29 is 9.72 Å². The molecule has 0 aliphatic rings. The van der Waals surface area contributed by atoms with Crippen LogP contribution in [-0.2, 0) is 6.54 Å². The third-order valence-corrected chi connectivity index (χ3v) is 3.54. The molecule has 0 bridgehead atoms. The highest BCUT2D eigenvalue weighted by Gasteiger charge is 2.24. The normalized spacial score (nSPS) is 10.3. The second-order valence-electron chi connectivity index (χ2n) is 5.38. The van der Waals surface area contributed by atoms with E-state index in [9.17, 15) is 14.9 Å². The molecular weight excluding hydrogens is 280 g/mol. The van der Waals surface area contributed by atoms with Gasteiger partial charge in [0, 0.05) is 19.2 Å². The summed E-state index contributed by atoms with van der Waals surface area (Å²) in [5.41, 5.74) is 2.62. The van der Waals surface area contributed by atoms with Gasteiger partial charge in [-0.2, -0.15) is 0 Å². The van der Waals surface area contributed by atoms with E-state index in [-0.39, 0.29) is 17.2 Å². The average molecular weight is 298 g/mol. The van der Waals surface area contributed by atoms with Crippen LogP contribution in [0, 0.1) is 24.0 Å². The van der Waals surface area contributed by atoms with Crippen LogP contribution in [-0.4, -0.2) is 22.8 Å². The first kappa shape index (κ1) is 15.7. The monoisotopic (exact) mass is 298 g/mol. The van der Waals surface area contributed by atoms with Gasteiger partial charge in [0.15, 0.2) is 0 Å². The summed E-state index contributed by atoms with van der Waals surface area (Å²) < 4.78 is 0. The molecule has 1 amide bonds. The number of aryl methyl sites for hydroxylation is 2. The first-order valence-corrected chi connectivity index (χ1v) is 6.95. The van der Waals surface area contributed by atoms with Gasteiger partial charge in [0.25, 0.3) is 11.6 Å². The van der Waals surface area contributed by atoms with Crippen LogP contribution in [0.25, 0.3) is 0 Å². The molecule has 2 aromatic rings. The second-order valence-corrected chi connectivity index (χ2v) is 5.38. The predicted molar refractivity (Wildman–Crippen MR) is 84.8 cm³/mol. The Bertz CT molecular complexity index is 708. The van der Waals surface area contributed by atoms with Crippen molar-refractivity contribution >= 4 is 11.6 Å². The maximum atomic E-state index is 12.5. The summed E-state index contributed by atoms with van der Waals surface area (Å²) in [5.74, 6) is -0.351. The Hall–Kier alpha value is -2.69. The smallest absolute Gasteiger partial charge is 0.285 e. The summed E-state index contributed by atoms with van der Waals surface area (Å²) in [6.45, 7) is 4.04. The zero-order valence-electron chi connectivity index (χ0n) is 12.9. The maximum Gasteiger partial charge on any atom is 0.285 e. The van der Waals surface area contributed by atoms with E-state index in [1.807, 2.05) is 31.2 Å². The van der Waals surface area contributed by atoms with Crippen molar-refractivity contribution in [3.63, 3.8) is 0 Å². The molecule has 0 aliphatic heterocycles. The number of amides is 1. The summed E-state index contributed by atoms with van der Waals surface area (Å²) in [6, 6.07) is 12.6. The quantitative estimate of drug-likeness (QED) is 0.641. The molecular formula is C17H18N2O3. The van der Waals surface area contributed by atoms with Gasteiger partial charge < -0.3 is 4.90 Å². The van der Waals surface area contributed by atoms with Gasteiger partial charge in [-0.1, -0.05) is 42.0 Å². The van der Waals surface area contributed by atoms with Crippen LogP contribution in [0.5, 0.6) is 0 Å². The summed E-state index contributed by atoms with van der Waals surface area (Å²) in [7, 11) is 1.65. The van der Waals surface area contributed by atoms with E-state index in [1.54, 1.807) is 26.1 Å². The summed E-state index contributed by atoms with van der Waals surface area (Å²) in [4.78, 5) is 24.7. The fourth-order valence-corrected chi connectivity index (χ4v) is 2.32. The van der Waals surface area contributed by atoms with Crippen LogP contribution in [0.3, 0.4) is 0 Å². The summed E-state index contributed by atoms with van der Waals surface area (Å²) in [6.07, 6.45) is 0. The lowest BCUT2D eigenvalue weighted by molar-refractivity contribution is -0.385. The number of carbonyl (C=O) groups is 1. The number of hydrogen-bond donors (Lipinski definition) is 0. The molecule has 0 unspecified atom stereocenters. The Morgan fingerprint density at radius 3 is 2.36 bits per heavy atom. The zero-order valence-corrected chi connectivity index (χ0v) is 12.9. The molecule has 0 N–H and O–H groups in total. The van der Waals surface area contributed by atoms with E-state index < -0.39 is 4.92 Å². The molecule has 2 aromatic carbocycles. The summed E-state index contributed by atoms with van der Waals surface area (Å²) in [5, 5.41) is 11.2. The fourth-order valence-electron chi connectivity index (χ4n) is 2.32. The largest absolute Gasteiger partial charge is 0.337 e. The molecule has 0 aromatic heterocycles. The molecule has 0 aliphatic carbocycles. The van der Waals surface area contributed by atoms with Gasteiger partial charge in [0.2, 0.25) is 0 Å². The highest BCUT2D eigenvalue weighted by Crippen LogP contribution is 2.24. The Morgan fingerprint density at radius 1 is 1.14 bits per heavy atom. The fraction of sp³-hybridized carbons (Fsp3) is 0.235. The van der Waals surface area contributed by atoms with Crippen LogP contribution in [0.2, 0.25) is 0 Å². The topological polar surface area (TPSA) is 63.5 Å². The van der Waals surface area contributed by atoms with Crippen molar-refractivity contribution in [1.82, 2.24) is 4.90 Å². The third-order valence-electron chi connectivity index (χ3n) is 3.54. The van der Waals surface area contributed by atoms with Crippen molar-refractivity contribution in [3.05, 3.63) is 74.8 Å². The van der Waals surface area contributed by atoms with Crippen molar-refractivity contribution in [2.75, 3.05) is 7.05 Å². The van der Waals surface area contributed by atoms with Gasteiger partial charge in [0.1, 0.15) is 5.56 Å². The maximum absolute atomic E-state index is 12.5. The molecule has 0 spiro atoms. The van der Waals surface area contributed by atoms with Gasteiger partial charge in [0.05, 0.1) is 4.92 Å². The molecule has 114 valence electrons. The van der Waals surface area contributed by atoms with Gasteiger partial charge in [-0.25, -0.2) is 0 Å². The number of nitro groups is 1. The molecule has 0 saturated carbocycles. The highest BCUT2D eigenvalue weighted by molar-refractivity contribution is 5.98. The van der Waals surface area contributed by atoms with Crippen molar-refractivity contribution in [2.45, 2.75) is 20.4 Å². The highest BCUT2D eigenvalue weighted by atomic mass is 16.6. The number of para-hydroxylation sites is 1. The van der Waals surface area contributed by atoms with Gasteiger partial charge >= 0.3 is 0 Å². The molecule has 0 fully saturated rings. The zero-order chi connectivity index (χ0) is 16.3. The van der Waals surface area contributed by atoms with Crippen LogP contribution in [0.4, 0.5) is 5.69 Å². The summed E-state index contributed by atoms with van der Waals surface area (Å²) >= 11 is 0. The number of benzene rings is 2. The number of rotatable bonds is 4.